The van der Waals surface area contributed by atoms with Crippen LogP contribution in [0.15, 0.2) is 41.7 Å². The first-order chi connectivity index (χ1) is 12.6. The van der Waals surface area contributed by atoms with E-state index in [0.29, 0.717) is 19.7 Å². The zero-order valence-electron chi connectivity index (χ0n) is 14.5. The smallest absolute Gasteiger partial charge is 0.246 e. The Bertz CT molecular complexity index is 817. The lowest BCUT2D eigenvalue weighted by Crippen LogP contribution is -2.57. The van der Waals surface area contributed by atoms with Crippen LogP contribution in [0.5, 0.6) is 0 Å². The number of ether oxygens (including phenoxy) is 1. The Balaban J connectivity index is 1.40. The van der Waals surface area contributed by atoms with Crippen molar-refractivity contribution in [2.24, 2.45) is 0 Å². The van der Waals surface area contributed by atoms with E-state index in [1.165, 1.54) is 16.7 Å². The average Bonchev–Trinajstić information content (AvgIpc) is 3.21. The summed E-state index contributed by atoms with van der Waals surface area (Å²) in [5.41, 5.74) is 0.660. The Kier molecular flexibility index (Phi) is 4.78. The predicted molar refractivity (Wildman–Crippen MR) is 94.8 cm³/mol. The molecule has 2 aliphatic rings. The molecular formula is C17H23N5O3S. The van der Waals surface area contributed by atoms with E-state index in [1.54, 1.807) is 0 Å². The molecule has 0 aromatic carbocycles. The van der Waals surface area contributed by atoms with Crippen molar-refractivity contribution in [3.8, 4) is 0 Å². The summed E-state index contributed by atoms with van der Waals surface area (Å²) in [7, 11) is -3.52. The molecule has 0 bridgehead atoms. The topological polar surface area (TPSA) is 91.4 Å². The van der Waals surface area contributed by atoms with E-state index in [0.717, 1.165) is 38.2 Å². The lowest BCUT2D eigenvalue weighted by Gasteiger charge is -2.46. The molecule has 2 aromatic rings. The lowest BCUT2D eigenvalue weighted by molar-refractivity contribution is -0.120. The second kappa shape index (κ2) is 7.07. The Morgan fingerprint density at radius 2 is 2.08 bits per heavy atom. The molecule has 26 heavy (non-hydrogen) atoms. The average molecular weight is 377 g/mol. The normalized spacial score (nSPS) is 21.8. The summed E-state index contributed by atoms with van der Waals surface area (Å²) in [6.45, 7) is 3.77. The summed E-state index contributed by atoms with van der Waals surface area (Å²) < 4.78 is 33.2. The van der Waals surface area contributed by atoms with E-state index in [4.69, 9.17) is 4.74 Å². The monoisotopic (exact) mass is 377 g/mol. The van der Waals surface area contributed by atoms with E-state index in [9.17, 15) is 8.42 Å². The Hall–Kier alpha value is -1.81. The van der Waals surface area contributed by atoms with Gasteiger partial charge in [0.25, 0.3) is 0 Å². The van der Waals surface area contributed by atoms with Gasteiger partial charge >= 0.3 is 0 Å². The third-order valence-corrected chi connectivity index (χ3v) is 7.01. The van der Waals surface area contributed by atoms with Crippen LogP contribution in [-0.4, -0.2) is 71.2 Å². The van der Waals surface area contributed by atoms with Crippen LogP contribution in [-0.2, 0) is 21.3 Å². The zero-order valence-corrected chi connectivity index (χ0v) is 15.4. The van der Waals surface area contributed by atoms with Gasteiger partial charge in [0.1, 0.15) is 4.90 Å². The lowest BCUT2D eigenvalue weighted by atomic mass is 9.90. The van der Waals surface area contributed by atoms with E-state index in [2.05, 4.69) is 20.1 Å². The molecule has 0 atom stereocenters. The largest absolute Gasteiger partial charge is 0.372 e. The number of sulfonamides is 1. The van der Waals surface area contributed by atoms with Gasteiger partial charge in [0.2, 0.25) is 10.0 Å². The highest BCUT2D eigenvalue weighted by atomic mass is 32.2. The summed E-state index contributed by atoms with van der Waals surface area (Å²) >= 11 is 0. The standard InChI is InChI=1S/C17H23N5O3S/c23-26(24,16-11-19-20-12-16)22-9-10-25-17(14-22)4-7-21(8-5-17)13-15-3-1-2-6-18-15/h1-3,6,11-12H,4-5,7-10,13-14H2,(H,19,20). The molecule has 0 aliphatic carbocycles. The minimum Gasteiger partial charge on any atom is -0.372 e. The molecular weight excluding hydrogens is 354 g/mol. The van der Waals surface area contributed by atoms with Crippen LogP contribution in [0.4, 0.5) is 0 Å². The number of nitrogens with one attached hydrogen (secondary N) is 1. The summed E-state index contributed by atoms with van der Waals surface area (Å²) in [4.78, 5) is 6.94. The van der Waals surface area contributed by atoms with Crippen LogP contribution in [0, 0.1) is 0 Å². The molecule has 0 amide bonds. The molecule has 140 valence electrons. The molecule has 4 heterocycles. The first-order valence-corrected chi connectivity index (χ1v) is 10.3. The highest BCUT2D eigenvalue weighted by Crippen LogP contribution is 2.32. The minimum atomic E-state index is -3.52. The van der Waals surface area contributed by atoms with Crippen molar-refractivity contribution in [3.63, 3.8) is 0 Å². The van der Waals surface area contributed by atoms with Gasteiger partial charge in [-0.25, -0.2) is 8.42 Å². The molecule has 2 fully saturated rings. The number of hydrogen-bond acceptors (Lipinski definition) is 6. The summed E-state index contributed by atoms with van der Waals surface area (Å²) in [5, 5.41) is 6.34. The predicted octanol–water partition coefficient (Wildman–Crippen LogP) is 0.860. The van der Waals surface area contributed by atoms with E-state index < -0.39 is 15.6 Å². The zero-order chi connectivity index (χ0) is 18.0. The van der Waals surface area contributed by atoms with Crippen molar-refractivity contribution >= 4 is 10.0 Å². The summed E-state index contributed by atoms with van der Waals surface area (Å²) in [5.74, 6) is 0. The number of nitrogens with zero attached hydrogens (tertiary/aromatic N) is 4. The fourth-order valence-electron chi connectivity index (χ4n) is 3.69. The second-order valence-corrected chi connectivity index (χ2v) is 8.84. The van der Waals surface area contributed by atoms with Crippen LogP contribution >= 0.6 is 0 Å². The maximum atomic E-state index is 12.8. The van der Waals surface area contributed by atoms with Crippen molar-refractivity contribution in [1.82, 2.24) is 24.4 Å². The SMILES string of the molecule is O=S(=O)(c1cn[nH]c1)N1CCOC2(CCN(Cc3ccccn3)CC2)C1. The fraction of sp³-hybridized carbons (Fsp3) is 0.529. The van der Waals surface area contributed by atoms with Crippen LogP contribution in [0.2, 0.25) is 0 Å². The molecule has 9 heteroatoms. The van der Waals surface area contributed by atoms with Gasteiger partial charge in [0.05, 0.1) is 24.1 Å². The summed E-state index contributed by atoms with van der Waals surface area (Å²) in [6.07, 6.45) is 6.22. The molecule has 2 aromatic heterocycles. The van der Waals surface area contributed by atoms with Crippen LogP contribution in [0.3, 0.4) is 0 Å². The van der Waals surface area contributed by atoms with Gasteiger partial charge in [0, 0.05) is 45.1 Å². The Morgan fingerprint density at radius 3 is 2.77 bits per heavy atom. The molecule has 2 saturated heterocycles. The number of hydrogen-bond donors (Lipinski definition) is 1. The van der Waals surface area contributed by atoms with Crippen LogP contribution in [0.1, 0.15) is 18.5 Å². The maximum absolute atomic E-state index is 12.8. The number of pyridine rings is 1. The molecule has 0 unspecified atom stereocenters. The Morgan fingerprint density at radius 1 is 1.23 bits per heavy atom. The third-order valence-electron chi connectivity index (χ3n) is 5.20. The molecule has 8 nitrogen and oxygen atoms in total. The van der Waals surface area contributed by atoms with Gasteiger partial charge in [-0.15, -0.1) is 0 Å². The van der Waals surface area contributed by atoms with Gasteiger partial charge in [-0.2, -0.15) is 9.40 Å². The van der Waals surface area contributed by atoms with Crippen molar-refractivity contribution < 1.29 is 13.2 Å². The highest BCUT2D eigenvalue weighted by Gasteiger charge is 2.43. The summed E-state index contributed by atoms with van der Waals surface area (Å²) in [6, 6.07) is 5.94. The number of piperidine rings is 1. The molecule has 2 aliphatic heterocycles. The molecule has 1 spiro atoms. The minimum absolute atomic E-state index is 0.210. The van der Waals surface area contributed by atoms with E-state index >= 15 is 0 Å². The van der Waals surface area contributed by atoms with Gasteiger partial charge in [-0.05, 0) is 25.0 Å². The second-order valence-electron chi connectivity index (χ2n) is 6.90. The van der Waals surface area contributed by atoms with Gasteiger partial charge in [0.15, 0.2) is 0 Å². The molecule has 0 radical (unpaired) electrons. The van der Waals surface area contributed by atoms with E-state index in [-0.39, 0.29) is 4.90 Å². The Labute approximate surface area is 153 Å². The third kappa shape index (κ3) is 3.52. The maximum Gasteiger partial charge on any atom is 0.246 e. The van der Waals surface area contributed by atoms with Crippen LogP contribution < -0.4 is 0 Å². The number of aromatic nitrogens is 3. The van der Waals surface area contributed by atoms with Crippen molar-refractivity contribution in [3.05, 3.63) is 42.5 Å². The quantitative estimate of drug-likeness (QED) is 0.850. The van der Waals surface area contributed by atoms with Crippen molar-refractivity contribution in [2.45, 2.75) is 29.9 Å². The number of rotatable bonds is 4. The van der Waals surface area contributed by atoms with Crippen LogP contribution in [0.25, 0.3) is 0 Å². The number of H-pyrrole nitrogens is 1. The van der Waals surface area contributed by atoms with Crippen molar-refractivity contribution in [2.75, 3.05) is 32.8 Å². The highest BCUT2D eigenvalue weighted by molar-refractivity contribution is 7.89. The molecule has 4 rings (SSSR count). The number of morpholine rings is 1. The molecule has 0 saturated carbocycles. The van der Waals surface area contributed by atoms with Crippen molar-refractivity contribution in [1.29, 1.82) is 0 Å². The van der Waals surface area contributed by atoms with Gasteiger partial charge < -0.3 is 4.74 Å². The van der Waals surface area contributed by atoms with Gasteiger partial charge in [-0.3, -0.25) is 15.0 Å². The number of likely N-dealkylation sites (tertiary alicyclic amines) is 1. The first kappa shape index (κ1) is 17.6. The first-order valence-electron chi connectivity index (χ1n) is 8.83. The fourth-order valence-corrected chi connectivity index (χ4v) is 5.09. The van der Waals surface area contributed by atoms with Gasteiger partial charge in [-0.1, -0.05) is 6.07 Å². The molecule has 1 N–H and O–H groups in total. The van der Waals surface area contributed by atoms with E-state index in [1.807, 2.05) is 24.4 Å². The number of aromatic amines is 1.